The zero-order valence-corrected chi connectivity index (χ0v) is 8.79. The average molecular weight is 227 g/mol. The van der Waals surface area contributed by atoms with Crippen LogP contribution < -0.4 is 15.2 Å². The summed E-state index contributed by atoms with van der Waals surface area (Å²) in [6.45, 7) is 1.11. The minimum Gasteiger partial charge on any atom is -0.486 e. The molecular weight excluding hydrogens is 216 g/mol. The maximum Gasteiger partial charge on any atom is 0.161 e. The molecule has 0 radical (unpaired) electrons. The summed E-state index contributed by atoms with van der Waals surface area (Å²) in [7, 11) is 0. The van der Waals surface area contributed by atoms with Crippen LogP contribution in [0, 0.1) is 11.3 Å². The molecule has 0 spiro atoms. The maximum atomic E-state index is 8.65. The van der Waals surface area contributed by atoms with Crippen LogP contribution in [0.1, 0.15) is 11.6 Å². The first-order chi connectivity index (χ1) is 6.81. The molecule has 2 N–H and O–H groups in total. The molecule has 0 fully saturated rings. The molecule has 1 unspecified atom stereocenters. The van der Waals surface area contributed by atoms with E-state index < -0.39 is 6.04 Å². The minimum atomic E-state index is -0.606. The Hall–Kier alpha value is -1.44. The van der Waals surface area contributed by atoms with Gasteiger partial charge in [0.25, 0.3) is 0 Å². The van der Waals surface area contributed by atoms with Crippen molar-refractivity contribution in [3.63, 3.8) is 0 Å². The Balaban J connectivity index is 0.00000112. The Kier molecular flexibility index (Phi) is 3.78. The maximum absolute atomic E-state index is 8.65. The first-order valence-electron chi connectivity index (χ1n) is 4.36. The van der Waals surface area contributed by atoms with Crippen LogP contribution in [0.15, 0.2) is 18.2 Å². The molecule has 0 aliphatic carbocycles. The fourth-order valence-electron chi connectivity index (χ4n) is 1.33. The van der Waals surface area contributed by atoms with Gasteiger partial charge in [0.05, 0.1) is 6.07 Å². The minimum absolute atomic E-state index is 0. The van der Waals surface area contributed by atoms with Gasteiger partial charge in [-0.05, 0) is 17.7 Å². The van der Waals surface area contributed by atoms with Crippen molar-refractivity contribution in [2.24, 2.45) is 5.73 Å². The van der Waals surface area contributed by atoms with Crippen LogP contribution in [0.5, 0.6) is 11.5 Å². The van der Waals surface area contributed by atoms with E-state index >= 15 is 0 Å². The molecule has 2 rings (SSSR count). The van der Waals surface area contributed by atoms with Gasteiger partial charge in [0, 0.05) is 0 Å². The monoisotopic (exact) mass is 226 g/mol. The Labute approximate surface area is 94.0 Å². The lowest BCUT2D eigenvalue weighted by Crippen LogP contribution is -2.16. The summed E-state index contributed by atoms with van der Waals surface area (Å²) < 4.78 is 10.7. The molecule has 1 atom stereocenters. The number of hydrogen-bond acceptors (Lipinski definition) is 4. The average Bonchev–Trinajstić information content (AvgIpc) is 2.27. The molecule has 80 valence electrons. The third-order valence-corrected chi connectivity index (χ3v) is 2.06. The van der Waals surface area contributed by atoms with Crippen LogP contribution in [0.3, 0.4) is 0 Å². The fraction of sp³-hybridized carbons (Fsp3) is 0.300. The van der Waals surface area contributed by atoms with Gasteiger partial charge in [-0.3, -0.25) is 0 Å². The van der Waals surface area contributed by atoms with Crippen molar-refractivity contribution in [2.75, 3.05) is 13.2 Å². The van der Waals surface area contributed by atoms with E-state index in [4.69, 9.17) is 20.5 Å². The van der Waals surface area contributed by atoms with Gasteiger partial charge >= 0.3 is 0 Å². The van der Waals surface area contributed by atoms with Crippen molar-refractivity contribution in [1.82, 2.24) is 0 Å². The lowest BCUT2D eigenvalue weighted by atomic mass is 10.1. The third-order valence-electron chi connectivity index (χ3n) is 2.06. The Morgan fingerprint density at radius 3 is 2.60 bits per heavy atom. The highest BCUT2D eigenvalue weighted by Crippen LogP contribution is 2.31. The van der Waals surface area contributed by atoms with E-state index in [-0.39, 0.29) is 12.4 Å². The second kappa shape index (κ2) is 4.87. The molecule has 1 aliphatic rings. The molecule has 1 heterocycles. The van der Waals surface area contributed by atoms with E-state index in [0.717, 1.165) is 5.56 Å². The molecule has 1 aromatic carbocycles. The predicted molar refractivity (Wildman–Crippen MR) is 57.2 cm³/mol. The van der Waals surface area contributed by atoms with Crippen LogP contribution in [0.4, 0.5) is 0 Å². The van der Waals surface area contributed by atoms with E-state index in [9.17, 15) is 0 Å². The lowest BCUT2D eigenvalue weighted by Gasteiger charge is -2.19. The number of benzene rings is 1. The summed E-state index contributed by atoms with van der Waals surface area (Å²) in [5.74, 6) is 1.38. The fourth-order valence-corrected chi connectivity index (χ4v) is 1.33. The number of nitriles is 1. The topological polar surface area (TPSA) is 68.3 Å². The van der Waals surface area contributed by atoms with Crippen LogP contribution in [0.25, 0.3) is 0 Å². The molecule has 1 aromatic rings. The highest BCUT2D eigenvalue weighted by atomic mass is 35.5. The van der Waals surface area contributed by atoms with E-state index in [0.29, 0.717) is 24.7 Å². The molecule has 4 nitrogen and oxygen atoms in total. The van der Waals surface area contributed by atoms with Crippen LogP contribution in [-0.2, 0) is 0 Å². The van der Waals surface area contributed by atoms with E-state index in [1.54, 1.807) is 18.2 Å². The molecule has 0 saturated carbocycles. The van der Waals surface area contributed by atoms with E-state index in [2.05, 4.69) is 0 Å². The van der Waals surface area contributed by atoms with Crippen LogP contribution >= 0.6 is 12.4 Å². The smallest absolute Gasteiger partial charge is 0.161 e. The second-order valence-corrected chi connectivity index (χ2v) is 3.01. The summed E-state index contributed by atoms with van der Waals surface area (Å²) >= 11 is 0. The number of hydrogen-bond donors (Lipinski definition) is 1. The zero-order valence-electron chi connectivity index (χ0n) is 7.97. The highest BCUT2D eigenvalue weighted by Gasteiger charge is 2.13. The van der Waals surface area contributed by atoms with E-state index in [1.165, 1.54) is 0 Å². The molecule has 5 heteroatoms. The molecular formula is C10H11ClN2O2. The SMILES string of the molecule is Cl.N#CC(N)c1ccc2c(c1)OCCO2. The summed E-state index contributed by atoms with van der Waals surface area (Å²) in [4.78, 5) is 0. The first-order valence-corrected chi connectivity index (χ1v) is 4.36. The summed E-state index contributed by atoms with van der Waals surface area (Å²) in [5, 5.41) is 8.65. The predicted octanol–water partition coefficient (Wildman–Crippen LogP) is 1.40. The molecule has 15 heavy (non-hydrogen) atoms. The number of ether oxygens (including phenoxy) is 2. The first kappa shape index (κ1) is 11.6. The van der Waals surface area contributed by atoms with E-state index in [1.807, 2.05) is 6.07 Å². The normalized spacial score (nSPS) is 14.7. The van der Waals surface area contributed by atoms with Crippen molar-refractivity contribution in [2.45, 2.75) is 6.04 Å². The third kappa shape index (κ3) is 2.32. The van der Waals surface area contributed by atoms with Gasteiger partial charge in [0.1, 0.15) is 19.3 Å². The van der Waals surface area contributed by atoms with Crippen molar-refractivity contribution in [3.05, 3.63) is 23.8 Å². The number of rotatable bonds is 1. The van der Waals surface area contributed by atoms with Crippen molar-refractivity contribution in [1.29, 1.82) is 5.26 Å². The number of nitrogens with two attached hydrogens (primary N) is 1. The molecule has 0 saturated heterocycles. The van der Waals surface area contributed by atoms with Gasteiger partial charge in [-0.25, -0.2) is 0 Å². The number of nitrogens with zero attached hydrogens (tertiary/aromatic N) is 1. The van der Waals surface area contributed by atoms with Gasteiger partial charge in [0.2, 0.25) is 0 Å². The largest absolute Gasteiger partial charge is 0.486 e. The summed E-state index contributed by atoms with van der Waals surface area (Å²) in [6, 6.07) is 6.67. The molecule has 1 aliphatic heterocycles. The van der Waals surface area contributed by atoms with Gasteiger partial charge < -0.3 is 15.2 Å². The van der Waals surface area contributed by atoms with Gasteiger partial charge in [0.15, 0.2) is 11.5 Å². The van der Waals surface area contributed by atoms with Gasteiger partial charge in [-0.2, -0.15) is 5.26 Å². The quantitative estimate of drug-likeness (QED) is 0.786. The lowest BCUT2D eigenvalue weighted by molar-refractivity contribution is 0.171. The Morgan fingerprint density at radius 1 is 1.27 bits per heavy atom. The number of halogens is 1. The van der Waals surface area contributed by atoms with Crippen LogP contribution in [0.2, 0.25) is 0 Å². The van der Waals surface area contributed by atoms with Gasteiger partial charge in [-0.15, -0.1) is 12.4 Å². The van der Waals surface area contributed by atoms with Crippen LogP contribution in [-0.4, -0.2) is 13.2 Å². The van der Waals surface area contributed by atoms with Crippen molar-refractivity contribution >= 4 is 12.4 Å². The van der Waals surface area contributed by atoms with Crippen molar-refractivity contribution in [3.8, 4) is 17.6 Å². The Morgan fingerprint density at radius 2 is 1.93 bits per heavy atom. The summed E-state index contributed by atoms with van der Waals surface area (Å²) in [6.07, 6.45) is 0. The second-order valence-electron chi connectivity index (χ2n) is 3.01. The standard InChI is InChI=1S/C10H10N2O2.ClH/c11-6-8(12)7-1-2-9-10(5-7)14-4-3-13-9;/h1-2,5,8H,3-4,12H2;1H. The van der Waals surface area contributed by atoms with Crippen molar-refractivity contribution < 1.29 is 9.47 Å². The molecule has 0 bridgehead atoms. The van der Waals surface area contributed by atoms with Gasteiger partial charge in [-0.1, -0.05) is 6.07 Å². The Bertz CT molecular complexity index is 389. The highest BCUT2D eigenvalue weighted by molar-refractivity contribution is 5.85. The molecule has 0 amide bonds. The molecule has 0 aromatic heterocycles. The zero-order chi connectivity index (χ0) is 9.97. The summed E-state index contributed by atoms with van der Waals surface area (Å²) in [5.41, 5.74) is 6.32. The number of fused-ring (bicyclic) bond motifs is 1.